The van der Waals surface area contributed by atoms with Crippen molar-refractivity contribution in [3.05, 3.63) is 65.1 Å². The van der Waals surface area contributed by atoms with Gasteiger partial charge in [0.25, 0.3) is 5.91 Å². The molecule has 0 radical (unpaired) electrons. The van der Waals surface area contributed by atoms with Crippen molar-refractivity contribution in [2.45, 2.75) is 13.5 Å². The molecule has 3 amide bonds. The van der Waals surface area contributed by atoms with E-state index in [4.69, 9.17) is 4.42 Å². The average Bonchev–Trinajstić information content (AvgIpc) is 3.26. The van der Waals surface area contributed by atoms with Crippen molar-refractivity contribution in [2.75, 3.05) is 10.6 Å². The highest BCUT2D eigenvalue weighted by Gasteiger charge is 2.12. The van der Waals surface area contributed by atoms with Gasteiger partial charge in [0, 0.05) is 11.1 Å². The minimum absolute atomic E-state index is 0.238. The largest absolute Gasteiger partial charge is 0.467 e. The number of aromatic nitrogens is 1. The van der Waals surface area contributed by atoms with Crippen LogP contribution in [0.4, 0.5) is 15.6 Å². The van der Waals surface area contributed by atoms with E-state index in [2.05, 4.69) is 20.9 Å². The van der Waals surface area contributed by atoms with Crippen LogP contribution in [0.5, 0.6) is 0 Å². The van der Waals surface area contributed by atoms with Gasteiger partial charge in [-0.1, -0.05) is 17.7 Å². The number of nitrogens with zero attached hydrogens (tertiary/aromatic N) is 1. The molecule has 1 aromatic carbocycles. The van der Waals surface area contributed by atoms with Crippen LogP contribution >= 0.6 is 11.3 Å². The van der Waals surface area contributed by atoms with E-state index in [-0.39, 0.29) is 18.1 Å². The molecule has 0 atom stereocenters. The zero-order valence-corrected chi connectivity index (χ0v) is 14.2. The van der Waals surface area contributed by atoms with Gasteiger partial charge in [-0.05, 0) is 31.2 Å². The predicted molar refractivity (Wildman–Crippen MR) is 95.8 cm³/mol. The maximum atomic E-state index is 12.0. The van der Waals surface area contributed by atoms with Gasteiger partial charge in [0.15, 0.2) is 5.13 Å². The lowest BCUT2D eigenvalue weighted by atomic mass is 10.2. The van der Waals surface area contributed by atoms with Gasteiger partial charge in [-0.2, -0.15) is 0 Å². The fraction of sp³-hybridized carbons (Fsp3) is 0.118. The Morgan fingerprint density at radius 2 is 1.96 bits per heavy atom. The maximum Gasteiger partial charge on any atom is 0.325 e. The monoisotopic (exact) mass is 356 g/mol. The topological polar surface area (TPSA) is 96.3 Å². The minimum Gasteiger partial charge on any atom is -0.467 e. The van der Waals surface area contributed by atoms with Crippen LogP contribution in [-0.4, -0.2) is 16.9 Å². The van der Waals surface area contributed by atoms with Gasteiger partial charge < -0.3 is 15.1 Å². The Morgan fingerprint density at radius 3 is 2.68 bits per heavy atom. The van der Waals surface area contributed by atoms with Gasteiger partial charge in [-0.3, -0.25) is 10.1 Å². The van der Waals surface area contributed by atoms with Gasteiger partial charge >= 0.3 is 6.03 Å². The van der Waals surface area contributed by atoms with Crippen molar-refractivity contribution in [1.82, 2.24) is 10.3 Å². The molecular formula is C17H16N4O3S. The second-order valence-corrected chi connectivity index (χ2v) is 6.10. The number of carbonyl (C=O) groups excluding carboxylic acids is 2. The third-order valence-corrected chi connectivity index (χ3v) is 4.03. The fourth-order valence-electron chi connectivity index (χ4n) is 2.00. The molecule has 0 spiro atoms. The number of rotatable bonds is 5. The highest BCUT2D eigenvalue weighted by molar-refractivity contribution is 7.14. The summed E-state index contributed by atoms with van der Waals surface area (Å²) in [6, 6.07) is 10.5. The van der Waals surface area contributed by atoms with E-state index in [9.17, 15) is 9.59 Å². The van der Waals surface area contributed by atoms with Gasteiger partial charge in [0.1, 0.15) is 11.5 Å². The highest BCUT2D eigenvalue weighted by atomic mass is 32.1. The van der Waals surface area contributed by atoms with E-state index in [1.165, 1.54) is 11.3 Å². The number of furan rings is 1. The molecule has 8 heteroatoms. The standard InChI is InChI=1S/C17H16N4O3S/c1-11-4-6-12(7-5-11)19-16(23)21-17-20-14(10-25-17)15(22)18-9-13-3-2-8-24-13/h2-8,10H,9H2,1H3,(H,18,22)(H2,19,20,21,23). The van der Waals surface area contributed by atoms with Crippen molar-refractivity contribution < 1.29 is 14.0 Å². The molecule has 2 heterocycles. The smallest absolute Gasteiger partial charge is 0.325 e. The molecule has 0 saturated heterocycles. The Hall–Kier alpha value is -3.13. The van der Waals surface area contributed by atoms with Crippen LogP contribution in [0, 0.1) is 6.92 Å². The number of urea groups is 1. The molecule has 0 saturated carbocycles. The summed E-state index contributed by atoms with van der Waals surface area (Å²) < 4.78 is 5.14. The number of hydrogen-bond donors (Lipinski definition) is 3. The number of amides is 3. The van der Waals surface area contributed by atoms with Crippen LogP contribution in [0.2, 0.25) is 0 Å². The summed E-state index contributed by atoms with van der Waals surface area (Å²) in [7, 11) is 0. The number of hydrogen-bond acceptors (Lipinski definition) is 5. The van der Waals surface area contributed by atoms with Gasteiger partial charge in [0.2, 0.25) is 0 Å². The van der Waals surface area contributed by atoms with Gasteiger partial charge in [-0.25, -0.2) is 9.78 Å². The van der Waals surface area contributed by atoms with E-state index in [1.807, 2.05) is 31.2 Å². The molecular weight excluding hydrogens is 340 g/mol. The molecule has 3 N–H and O–H groups in total. The van der Waals surface area contributed by atoms with Crippen LogP contribution in [0.1, 0.15) is 21.8 Å². The lowest BCUT2D eigenvalue weighted by Gasteiger charge is -2.05. The number of aryl methyl sites for hydroxylation is 1. The second kappa shape index (κ2) is 7.63. The normalized spacial score (nSPS) is 10.3. The minimum atomic E-state index is -0.416. The Kier molecular flexibility index (Phi) is 5.10. The molecule has 0 fully saturated rings. The van der Waals surface area contributed by atoms with Crippen molar-refractivity contribution in [1.29, 1.82) is 0 Å². The van der Waals surface area contributed by atoms with Crippen molar-refractivity contribution in [2.24, 2.45) is 0 Å². The molecule has 0 unspecified atom stereocenters. The zero-order valence-electron chi connectivity index (χ0n) is 13.4. The number of nitrogens with one attached hydrogen (secondary N) is 3. The highest BCUT2D eigenvalue weighted by Crippen LogP contribution is 2.16. The van der Waals surface area contributed by atoms with Crippen LogP contribution in [0.15, 0.2) is 52.5 Å². The summed E-state index contributed by atoms with van der Waals surface area (Å²) in [4.78, 5) is 28.1. The molecule has 0 bridgehead atoms. The SMILES string of the molecule is Cc1ccc(NC(=O)Nc2nc(C(=O)NCc3ccco3)cs2)cc1. The van der Waals surface area contributed by atoms with Crippen LogP contribution in [0.3, 0.4) is 0 Å². The molecule has 3 aromatic rings. The summed E-state index contributed by atoms with van der Waals surface area (Å²) in [5.41, 5.74) is 2.02. The van der Waals surface area contributed by atoms with Gasteiger partial charge in [0.05, 0.1) is 12.8 Å². The number of anilines is 2. The van der Waals surface area contributed by atoms with E-state index >= 15 is 0 Å². The van der Waals surface area contributed by atoms with Crippen molar-refractivity contribution in [3.63, 3.8) is 0 Å². The quantitative estimate of drug-likeness (QED) is 0.650. The van der Waals surface area contributed by atoms with E-state index in [0.29, 0.717) is 16.6 Å². The first-order valence-corrected chi connectivity index (χ1v) is 8.39. The lowest BCUT2D eigenvalue weighted by molar-refractivity contribution is 0.0944. The zero-order chi connectivity index (χ0) is 17.6. The van der Waals surface area contributed by atoms with E-state index < -0.39 is 6.03 Å². The molecule has 7 nitrogen and oxygen atoms in total. The summed E-state index contributed by atoms with van der Waals surface area (Å²) in [6.45, 7) is 2.25. The van der Waals surface area contributed by atoms with Crippen LogP contribution in [-0.2, 0) is 6.54 Å². The first-order valence-electron chi connectivity index (χ1n) is 7.51. The molecule has 0 aliphatic carbocycles. The lowest BCUT2D eigenvalue weighted by Crippen LogP contribution is -2.23. The Morgan fingerprint density at radius 1 is 1.16 bits per heavy atom. The fourth-order valence-corrected chi connectivity index (χ4v) is 2.69. The molecule has 2 aromatic heterocycles. The number of thiazole rings is 1. The summed E-state index contributed by atoms with van der Waals surface area (Å²) >= 11 is 1.18. The number of carbonyl (C=O) groups is 2. The van der Waals surface area contributed by atoms with Crippen LogP contribution in [0.25, 0.3) is 0 Å². The average molecular weight is 356 g/mol. The summed E-state index contributed by atoms with van der Waals surface area (Å²) in [6.07, 6.45) is 1.54. The van der Waals surface area contributed by atoms with E-state index in [0.717, 1.165) is 5.56 Å². The molecule has 3 rings (SSSR count). The molecule has 0 aliphatic heterocycles. The molecule has 128 valence electrons. The Balaban J connectivity index is 1.52. The van der Waals surface area contributed by atoms with Crippen molar-refractivity contribution in [3.8, 4) is 0 Å². The molecule has 25 heavy (non-hydrogen) atoms. The first-order chi connectivity index (χ1) is 12.1. The summed E-state index contributed by atoms with van der Waals surface area (Å²) in [5.74, 6) is 0.319. The van der Waals surface area contributed by atoms with E-state index in [1.54, 1.807) is 23.8 Å². The predicted octanol–water partition coefficient (Wildman–Crippen LogP) is 3.62. The van der Waals surface area contributed by atoms with Crippen molar-refractivity contribution >= 4 is 34.1 Å². The third kappa shape index (κ3) is 4.67. The maximum absolute atomic E-state index is 12.0. The molecule has 0 aliphatic rings. The first kappa shape index (κ1) is 16.7. The number of benzene rings is 1. The third-order valence-electron chi connectivity index (χ3n) is 3.27. The second-order valence-electron chi connectivity index (χ2n) is 5.25. The van der Waals surface area contributed by atoms with Crippen LogP contribution < -0.4 is 16.0 Å². The Bertz CT molecular complexity index is 856. The summed E-state index contributed by atoms with van der Waals surface area (Å²) in [5, 5.41) is 9.93. The van der Waals surface area contributed by atoms with Gasteiger partial charge in [-0.15, -0.1) is 11.3 Å². The Labute approximate surface area is 148 Å².